The van der Waals surface area contributed by atoms with Crippen molar-refractivity contribution in [3.05, 3.63) is 59.6 Å². The zero-order valence-electron chi connectivity index (χ0n) is 13.7. The number of carbonyl (C=O) groups excluding carboxylic acids is 1. The molecule has 23 heavy (non-hydrogen) atoms. The van der Waals surface area contributed by atoms with E-state index in [9.17, 15) is 4.79 Å². The quantitative estimate of drug-likeness (QED) is 0.797. The summed E-state index contributed by atoms with van der Waals surface area (Å²) in [5, 5.41) is 4.84. The molecular formula is C18H21N3O2. The Labute approximate surface area is 136 Å². The summed E-state index contributed by atoms with van der Waals surface area (Å²) in [6.45, 7) is 6.32. The van der Waals surface area contributed by atoms with Crippen LogP contribution in [-0.4, -0.2) is 22.3 Å². The number of carbonyl (C=O) groups is 1. The molecule has 2 rings (SSSR count). The van der Waals surface area contributed by atoms with Crippen molar-refractivity contribution in [2.75, 3.05) is 6.61 Å². The molecule has 1 aromatic carbocycles. The average molecular weight is 311 g/mol. The fourth-order valence-corrected chi connectivity index (χ4v) is 1.94. The molecule has 0 N–H and O–H groups in total. The summed E-state index contributed by atoms with van der Waals surface area (Å²) >= 11 is 0. The third kappa shape index (κ3) is 4.92. The van der Waals surface area contributed by atoms with Crippen molar-refractivity contribution in [3.63, 3.8) is 0 Å². The average Bonchev–Trinajstić information content (AvgIpc) is 2.53. The van der Waals surface area contributed by atoms with Crippen LogP contribution in [0.25, 0.3) is 5.69 Å². The number of aromatic nitrogens is 2. The number of hydrogen-bond donors (Lipinski definition) is 0. The first kappa shape index (κ1) is 16.7. The summed E-state index contributed by atoms with van der Waals surface area (Å²) in [7, 11) is 0. The molecule has 0 unspecified atom stereocenters. The van der Waals surface area contributed by atoms with E-state index in [0.29, 0.717) is 17.8 Å². The molecule has 0 fully saturated rings. The van der Waals surface area contributed by atoms with E-state index in [1.165, 1.54) is 6.08 Å². The minimum Gasteiger partial charge on any atom is -0.478 e. The second kappa shape index (κ2) is 8.08. The minimum atomic E-state index is -0.300. The molecule has 0 aliphatic carbocycles. The summed E-state index contributed by atoms with van der Waals surface area (Å²) in [4.78, 5) is 15.8. The molecule has 0 spiro atoms. The van der Waals surface area contributed by atoms with Crippen LogP contribution in [0.3, 0.4) is 0 Å². The first-order valence-electron chi connectivity index (χ1n) is 7.61. The summed E-state index contributed by atoms with van der Waals surface area (Å²) in [6.07, 6.45) is 3.93. The van der Waals surface area contributed by atoms with Gasteiger partial charge < -0.3 is 4.74 Å². The highest BCUT2D eigenvalue weighted by Gasteiger charge is 2.05. The van der Waals surface area contributed by atoms with Gasteiger partial charge in [0, 0.05) is 12.1 Å². The van der Waals surface area contributed by atoms with Crippen molar-refractivity contribution < 1.29 is 9.53 Å². The Kier molecular flexibility index (Phi) is 5.86. The Hall–Kier alpha value is -2.69. The van der Waals surface area contributed by atoms with Crippen molar-refractivity contribution >= 4 is 5.91 Å². The summed E-state index contributed by atoms with van der Waals surface area (Å²) in [5.41, 5.74) is 1.80. The molecule has 5 nitrogen and oxygen atoms in total. The van der Waals surface area contributed by atoms with Crippen LogP contribution in [0.4, 0.5) is 0 Å². The predicted octanol–water partition coefficient (Wildman–Crippen LogP) is 3.05. The van der Waals surface area contributed by atoms with Crippen LogP contribution in [0.5, 0.6) is 5.88 Å². The number of ether oxygens (including phenoxy) is 1. The van der Waals surface area contributed by atoms with E-state index in [2.05, 4.69) is 10.1 Å². The molecule has 0 aliphatic heterocycles. The predicted molar refractivity (Wildman–Crippen MR) is 89.4 cm³/mol. The van der Waals surface area contributed by atoms with E-state index < -0.39 is 0 Å². The minimum absolute atomic E-state index is 0.300. The van der Waals surface area contributed by atoms with E-state index in [1.807, 2.05) is 51.1 Å². The van der Waals surface area contributed by atoms with Crippen LogP contribution >= 0.6 is 0 Å². The fourth-order valence-electron chi connectivity index (χ4n) is 1.94. The number of benzene rings is 1. The highest BCUT2D eigenvalue weighted by molar-refractivity contribution is 5.88. The SMILES string of the molecule is CCCOc1cc(=NC(=O)C=C(C)C)cnn1-c1ccccc1. The lowest BCUT2D eigenvalue weighted by Crippen LogP contribution is -2.15. The Bertz CT molecular complexity index is 757. The van der Waals surface area contributed by atoms with Crippen molar-refractivity contribution in [2.24, 2.45) is 4.99 Å². The van der Waals surface area contributed by atoms with Crippen molar-refractivity contribution in [2.45, 2.75) is 27.2 Å². The highest BCUT2D eigenvalue weighted by atomic mass is 16.5. The molecule has 120 valence electrons. The third-order valence-electron chi connectivity index (χ3n) is 2.89. The van der Waals surface area contributed by atoms with Gasteiger partial charge in [-0.2, -0.15) is 5.10 Å². The molecular weight excluding hydrogens is 290 g/mol. The summed E-state index contributed by atoms with van der Waals surface area (Å²) in [5.74, 6) is 0.259. The molecule has 1 aromatic heterocycles. The van der Waals surface area contributed by atoms with Crippen molar-refractivity contribution in [1.82, 2.24) is 9.78 Å². The first-order valence-corrected chi connectivity index (χ1v) is 7.61. The van der Waals surface area contributed by atoms with Gasteiger partial charge in [0.25, 0.3) is 5.91 Å². The van der Waals surface area contributed by atoms with Crippen LogP contribution < -0.4 is 10.1 Å². The number of rotatable bonds is 5. The Balaban J connectivity index is 2.44. The molecule has 0 aliphatic rings. The van der Waals surface area contributed by atoms with Gasteiger partial charge in [0.05, 0.1) is 23.8 Å². The standard InChI is InChI=1S/C18H21N3O2/c1-4-10-23-18-12-15(20-17(22)11-14(2)3)13-19-21(18)16-8-6-5-7-9-16/h5-9,11-13H,4,10H2,1-3H3. The third-order valence-corrected chi connectivity index (χ3v) is 2.89. The Morgan fingerprint density at radius 1 is 1.30 bits per heavy atom. The normalized spacial score (nSPS) is 11.2. The van der Waals surface area contributed by atoms with Crippen LogP contribution in [0.2, 0.25) is 0 Å². The molecule has 0 saturated carbocycles. The van der Waals surface area contributed by atoms with Gasteiger partial charge in [0.1, 0.15) is 0 Å². The monoisotopic (exact) mass is 311 g/mol. The largest absolute Gasteiger partial charge is 0.478 e. The van der Waals surface area contributed by atoms with E-state index in [4.69, 9.17) is 4.74 Å². The van der Waals surface area contributed by atoms with E-state index in [0.717, 1.165) is 17.7 Å². The number of amides is 1. The van der Waals surface area contributed by atoms with Gasteiger partial charge >= 0.3 is 0 Å². The molecule has 0 atom stereocenters. The van der Waals surface area contributed by atoms with Gasteiger partial charge in [-0.1, -0.05) is 30.7 Å². The van der Waals surface area contributed by atoms with Crippen LogP contribution in [0, 0.1) is 0 Å². The van der Waals surface area contributed by atoms with Crippen LogP contribution in [0.1, 0.15) is 27.2 Å². The number of para-hydroxylation sites is 1. The van der Waals surface area contributed by atoms with Gasteiger partial charge in [-0.05, 0) is 32.4 Å². The second-order valence-corrected chi connectivity index (χ2v) is 5.32. The second-order valence-electron chi connectivity index (χ2n) is 5.32. The van der Waals surface area contributed by atoms with Crippen LogP contribution in [0.15, 0.2) is 59.2 Å². The number of nitrogens with zero attached hydrogens (tertiary/aromatic N) is 3. The van der Waals surface area contributed by atoms with Crippen molar-refractivity contribution in [1.29, 1.82) is 0 Å². The molecule has 0 radical (unpaired) electrons. The summed E-state index contributed by atoms with van der Waals surface area (Å²) in [6, 6.07) is 11.4. The lowest BCUT2D eigenvalue weighted by atomic mass is 10.3. The van der Waals surface area contributed by atoms with Crippen LogP contribution in [-0.2, 0) is 4.79 Å². The highest BCUT2D eigenvalue weighted by Crippen LogP contribution is 2.14. The lowest BCUT2D eigenvalue weighted by Gasteiger charge is -2.12. The molecule has 5 heteroatoms. The maximum Gasteiger partial charge on any atom is 0.270 e. The van der Waals surface area contributed by atoms with Gasteiger partial charge in [-0.3, -0.25) is 4.79 Å². The molecule has 1 amide bonds. The zero-order valence-corrected chi connectivity index (χ0v) is 13.7. The first-order chi connectivity index (χ1) is 11.1. The van der Waals surface area contributed by atoms with Crippen molar-refractivity contribution in [3.8, 4) is 11.6 Å². The molecule has 0 saturated heterocycles. The van der Waals surface area contributed by atoms with Gasteiger partial charge in [0.2, 0.25) is 5.88 Å². The van der Waals surface area contributed by atoms with E-state index in [1.54, 1.807) is 16.9 Å². The topological polar surface area (TPSA) is 56.5 Å². The van der Waals surface area contributed by atoms with Gasteiger partial charge in [-0.15, -0.1) is 0 Å². The van der Waals surface area contributed by atoms with Gasteiger partial charge in [-0.25, -0.2) is 9.67 Å². The van der Waals surface area contributed by atoms with Gasteiger partial charge in [0.15, 0.2) is 0 Å². The molecule has 2 aromatic rings. The summed E-state index contributed by atoms with van der Waals surface area (Å²) < 4.78 is 7.45. The van der Waals surface area contributed by atoms with E-state index in [-0.39, 0.29) is 5.91 Å². The maximum absolute atomic E-state index is 11.8. The number of allylic oxidation sites excluding steroid dienone is 1. The zero-order chi connectivity index (χ0) is 16.7. The fraction of sp³-hybridized carbons (Fsp3) is 0.278. The number of hydrogen-bond acceptors (Lipinski definition) is 3. The smallest absolute Gasteiger partial charge is 0.270 e. The van der Waals surface area contributed by atoms with E-state index >= 15 is 0 Å². The Morgan fingerprint density at radius 2 is 2.04 bits per heavy atom. The Morgan fingerprint density at radius 3 is 2.70 bits per heavy atom. The molecule has 1 heterocycles. The maximum atomic E-state index is 11.8. The molecule has 0 bridgehead atoms. The lowest BCUT2D eigenvalue weighted by molar-refractivity contribution is -0.113.